The molecular weight excluding hydrogens is 356 g/mol. The normalized spacial score (nSPS) is 18.5. The molecule has 1 aliphatic rings. The fourth-order valence-corrected chi connectivity index (χ4v) is 3.95. The number of nitrogens with zero attached hydrogens (tertiary/aromatic N) is 2. The number of hydrogen-bond donors (Lipinski definition) is 1. The number of aliphatic hydroxyl groups is 1. The first-order chi connectivity index (χ1) is 13.6. The van der Waals surface area contributed by atoms with Crippen molar-refractivity contribution in [2.24, 2.45) is 0 Å². The molecule has 28 heavy (non-hydrogen) atoms. The van der Waals surface area contributed by atoms with E-state index in [0.717, 1.165) is 62.0 Å². The summed E-state index contributed by atoms with van der Waals surface area (Å²) in [6, 6.07) is 10.7. The molecule has 2 heterocycles. The standard InChI is InChI=1S/C22H32N2O4/c1-17-12-18(4-7-22(17)27-3)13-24-10-9-23(14-19(24)8-11-25)15-20-5-6-21(28-20)16-26-2/h4-7,12,19,25H,8-11,13-16H2,1-3H3/t19-/m0/s1. The van der Waals surface area contributed by atoms with Gasteiger partial charge < -0.3 is 19.0 Å². The van der Waals surface area contributed by atoms with Crippen LogP contribution in [0.1, 0.15) is 29.1 Å². The Morgan fingerprint density at radius 2 is 1.93 bits per heavy atom. The molecule has 1 aliphatic heterocycles. The second-order valence-electron chi connectivity index (χ2n) is 7.48. The Morgan fingerprint density at radius 1 is 1.11 bits per heavy atom. The van der Waals surface area contributed by atoms with Gasteiger partial charge in [0.15, 0.2) is 0 Å². The van der Waals surface area contributed by atoms with Crippen molar-refractivity contribution >= 4 is 0 Å². The lowest BCUT2D eigenvalue weighted by atomic mass is 10.1. The predicted molar refractivity (Wildman–Crippen MR) is 108 cm³/mol. The average molecular weight is 389 g/mol. The first-order valence-electron chi connectivity index (χ1n) is 9.90. The predicted octanol–water partition coefficient (Wildman–Crippen LogP) is 2.81. The molecule has 0 bridgehead atoms. The van der Waals surface area contributed by atoms with Crippen LogP contribution in [-0.2, 0) is 24.4 Å². The third kappa shape index (κ3) is 5.35. The maximum absolute atomic E-state index is 9.56. The number of ether oxygens (including phenoxy) is 2. The fraction of sp³-hybridized carbons (Fsp3) is 0.545. The monoisotopic (exact) mass is 388 g/mol. The first-order valence-corrected chi connectivity index (χ1v) is 9.90. The lowest BCUT2D eigenvalue weighted by molar-refractivity contribution is 0.0462. The molecule has 154 valence electrons. The molecule has 1 aromatic heterocycles. The van der Waals surface area contributed by atoms with Crippen LogP contribution in [0.25, 0.3) is 0 Å². The molecule has 0 radical (unpaired) electrons. The van der Waals surface area contributed by atoms with E-state index in [0.29, 0.717) is 12.6 Å². The summed E-state index contributed by atoms with van der Waals surface area (Å²) in [5, 5.41) is 9.56. The maximum atomic E-state index is 9.56. The minimum atomic E-state index is 0.204. The van der Waals surface area contributed by atoms with E-state index in [1.54, 1.807) is 14.2 Å². The quantitative estimate of drug-likeness (QED) is 0.713. The molecular formula is C22H32N2O4. The molecule has 1 aromatic carbocycles. The van der Waals surface area contributed by atoms with Gasteiger partial charge in [0, 0.05) is 45.9 Å². The third-order valence-electron chi connectivity index (χ3n) is 5.38. The SMILES string of the molecule is COCc1ccc(CN2CCN(Cc3ccc(OC)c(C)c3)[C@@H](CCO)C2)o1. The number of piperazine rings is 1. The summed E-state index contributed by atoms with van der Waals surface area (Å²) in [4.78, 5) is 4.89. The van der Waals surface area contributed by atoms with Gasteiger partial charge in [-0.25, -0.2) is 0 Å². The van der Waals surface area contributed by atoms with E-state index in [1.807, 2.05) is 18.2 Å². The Labute approximate surface area is 167 Å². The van der Waals surface area contributed by atoms with Crippen molar-refractivity contribution in [2.75, 3.05) is 40.5 Å². The Hall–Kier alpha value is -1.86. The van der Waals surface area contributed by atoms with E-state index in [4.69, 9.17) is 13.9 Å². The van der Waals surface area contributed by atoms with Gasteiger partial charge in [0.05, 0.1) is 13.7 Å². The number of benzene rings is 1. The van der Waals surface area contributed by atoms with Crippen molar-refractivity contribution in [2.45, 2.75) is 39.1 Å². The number of furan rings is 1. The summed E-state index contributed by atoms with van der Waals surface area (Å²) in [7, 11) is 3.38. The molecule has 0 aliphatic carbocycles. The van der Waals surface area contributed by atoms with Crippen LogP contribution in [-0.4, -0.2) is 61.4 Å². The van der Waals surface area contributed by atoms with E-state index in [2.05, 4.69) is 28.9 Å². The molecule has 1 N–H and O–H groups in total. The number of aryl methyl sites for hydroxylation is 1. The molecule has 2 aromatic rings. The van der Waals surface area contributed by atoms with Crippen LogP contribution in [0.5, 0.6) is 5.75 Å². The van der Waals surface area contributed by atoms with Gasteiger partial charge in [-0.3, -0.25) is 9.80 Å². The summed E-state index contributed by atoms with van der Waals surface area (Å²) >= 11 is 0. The van der Waals surface area contributed by atoms with Crippen molar-refractivity contribution < 1.29 is 19.0 Å². The molecule has 0 unspecified atom stereocenters. The second-order valence-corrected chi connectivity index (χ2v) is 7.48. The van der Waals surface area contributed by atoms with Crippen molar-refractivity contribution in [1.29, 1.82) is 0 Å². The molecule has 1 fully saturated rings. The fourth-order valence-electron chi connectivity index (χ4n) is 3.95. The van der Waals surface area contributed by atoms with Gasteiger partial charge >= 0.3 is 0 Å². The van der Waals surface area contributed by atoms with E-state index < -0.39 is 0 Å². The van der Waals surface area contributed by atoms with E-state index >= 15 is 0 Å². The Balaban J connectivity index is 1.61. The van der Waals surface area contributed by atoms with Crippen LogP contribution < -0.4 is 4.74 Å². The average Bonchev–Trinajstić information content (AvgIpc) is 3.11. The maximum Gasteiger partial charge on any atom is 0.129 e. The van der Waals surface area contributed by atoms with Crippen molar-refractivity contribution in [3.8, 4) is 5.75 Å². The number of rotatable bonds is 9. The minimum absolute atomic E-state index is 0.204. The Morgan fingerprint density at radius 3 is 2.64 bits per heavy atom. The van der Waals surface area contributed by atoms with Gasteiger partial charge in [-0.05, 0) is 42.7 Å². The van der Waals surface area contributed by atoms with Crippen molar-refractivity contribution in [3.05, 3.63) is 53.0 Å². The van der Waals surface area contributed by atoms with Gasteiger partial charge in [-0.15, -0.1) is 0 Å². The molecule has 0 spiro atoms. The zero-order valence-corrected chi connectivity index (χ0v) is 17.2. The van der Waals surface area contributed by atoms with E-state index in [9.17, 15) is 5.11 Å². The Kier molecular flexibility index (Phi) is 7.50. The smallest absolute Gasteiger partial charge is 0.129 e. The molecule has 1 saturated heterocycles. The van der Waals surface area contributed by atoms with Crippen LogP contribution >= 0.6 is 0 Å². The highest BCUT2D eigenvalue weighted by molar-refractivity contribution is 5.36. The summed E-state index contributed by atoms with van der Waals surface area (Å²) in [6.45, 7) is 7.35. The number of hydrogen-bond acceptors (Lipinski definition) is 6. The van der Waals surface area contributed by atoms with Crippen LogP contribution in [0, 0.1) is 6.92 Å². The zero-order valence-electron chi connectivity index (χ0n) is 17.2. The van der Waals surface area contributed by atoms with Crippen LogP contribution in [0.4, 0.5) is 0 Å². The molecule has 0 saturated carbocycles. The summed E-state index contributed by atoms with van der Waals surface area (Å²) in [5.74, 6) is 2.75. The number of aliphatic hydroxyl groups excluding tert-OH is 1. The molecule has 6 heteroatoms. The van der Waals surface area contributed by atoms with E-state index in [-0.39, 0.29) is 6.61 Å². The highest BCUT2D eigenvalue weighted by Gasteiger charge is 2.27. The van der Waals surface area contributed by atoms with Gasteiger partial charge in [0.2, 0.25) is 0 Å². The van der Waals surface area contributed by atoms with Crippen LogP contribution in [0.2, 0.25) is 0 Å². The largest absolute Gasteiger partial charge is 0.496 e. The lowest BCUT2D eigenvalue weighted by Gasteiger charge is -2.41. The van der Waals surface area contributed by atoms with Gasteiger partial charge in [0.25, 0.3) is 0 Å². The molecule has 0 amide bonds. The van der Waals surface area contributed by atoms with E-state index in [1.165, 1.54) is 5.56 Å². The van der Waals surface area contributed by atoms with Crippen molar-refractivity contribution in [1.82, 2.24) is 9.80 Å². The highest BCUT2D eigenvalue weighted by atomic mass is 16.5. The molecule has 1 atom stereocenters. The highest BCUT2D eigenvalue weighted by Crippen LogP contribution is 2.23. The van der Waals surface area contributed by atoms with Crippen molar-refractivity contribution in [3.63, 3.8) is 0 Å². The third-order valence-corrected chi connectivity index (χ3v) is 5.38. The topological polar surface area (TPSA) is 58.3 Å². The first kappa shape index (κ1) is 20.9. The van der Waals surface area contributed by atoms with Gasteiger partial charge in [-0.1, -0.05) is 12.1 Å². The number of methoxy groups -OCH3 is 2. The second kappa shape index (κ2) is 10.1. The van der Waals surface area contributed by atoms with Crippen LogP contribution in [0.3, 0.4) is 0 Å². The zero-order chi connectivity index (χ0) is 19.9. The molecule has 6 nitrogen and oxygen atoms in total. The van der Waals surface area contributed by atoms with Gasteiger partial charge in [0.1, 0.15) is 23.9 Å². The van der Waals surface area contributed by atoms with Gasteiger partial charge in [-0.2, -0.15) is 0 Å². The summed E-state index contributed by atoms with van der Waals surface area (Å²) < 4.78 is 16.3. The summed E-state index contributed by atoms with van der Waals surface area (Å²) in [6.07, 6.45) is 0.777. The summed E-state index contributed by atoms with van der Waals surface area (Å²) in [5.41, 5.74) is 2.44. The van der Waals surface area contributed by atoms with Crippen LogP contribution in [0.15, 0.2) is 34.7 Å². The lowest BCUT2D eigenvalue weighted by Crippen LogP contribution is -2.52. The molecule has 3 rings (SSSR count). The minimum Gasteiger partial charge on any atom is -0.496 e. The Bertz CT molecular complexity index is 746.